The lowest BCUT2D eigenvalue weighted by Crippen LogP contribution is -2.50. The lowest BCUT2D eigenvalue weighted by Gasteiger charge is -2.34. The van der Waals surface area contributed by atoms with Gasteiger partial charge in [-0.2, -0.15) is 4.31 Å². The van der Waals surface area contributed by atoms with E-state index < -0.39 is 14.9 Å². The molecule has 1 amide bonds. The minimum atomic E-state index is -3.62. The maximum Gasteiger partial charge on any atom is 0.273 e. The van der Waals surface area contributed by atoms with E-state index in [1.807, 2.05) is 6.07 Å². The zero-order valence-electron chi connectivity index (χ0n) is 17.2. The first kappa shape index (κ1) is 21.5. The number of nitro groups is 1. The number of para-hydroxylation sites is 1. The van der Waals surface area contributed by atoms with Crippen LogP contribution in [0.3, 0.4) is 0 Å². The highest BCUT2D eigenvalue weighted by molar-refractivity contribution is 7.89. The molecule has 0 aromatic heterocycles. The summed E-state index contributed by atoms with van der Waals surface area (Å²) in [7, 11) is -3.62. The van der Waals surface area contributed by atoms with Gasteiger partial charge in [0.2, 0.25) is 15.9 Å². The highest BCUT2D eigenvalue weighted by Crippen LogP contribution is 2.26. The number of nitro benzene ring substituents is 1. The number of aryl methyl sites for hydroxylation is 2. The molecule has 1 saturated heterocycles. The van der Waals surface area contributed by atoms with Crippen LogP contribution in [-0.4, -0.2) is 54.6 Å². The Labute approximate surface area is 181 Å². The van der Waals surface area contributed by atoms with Gasteiger partial charge in [-0.05, 0) is 48.9 Å². The Kier molecular flexibility index (Phi) is 6.06. The molecule has 0 bridgehead atoms. The summed E-state index contributed by atoms with van der Waals surface area (Å²) in [5.41, 5.74) is 2.63. The highest BCUT2D eigenvalue weighted by atomic mass is 32.2. The monoisotopic (exact) mass is 443 g/mol. The van der Waals surface area contributed by atoms with Crippen molar-refractivity contribution in [2.75, 3.05) is 26.2 Å². The fraction of sp³-hybridized carbons (Fsp3) is 0.409. The molecular formula is C22H25N3O5S. The maximum atomic E-state index is 13.1. The van der Waals surface area contributed by atoms with Gasteiger partial charge in [0, 0.05) is 37.8 Å². The van der Waals surface area contributed by atoms with Crippen LogP contribution in [0.1, 0.15) is 29.5 Å². The zero-order valence-corrected chi connectivity index (χ0v) is 18.0. The van der Waals surface area contributed by atoms with Crippen LogP contribution in [0, 0.1) is 10.1 Å². The molecule has 0 radical (unpaired) electrons. The number of rotatable bonds is 5. The summed E-state index contributed by atoms with van der Waals surface area (Å²) in [6.07, 6.45) is 4.05. The summed E-state index contributed by atoms with van der Waals surface area (Å²) in [6, 6.07) is 11.6. The molecule has 31 heavy (non-hydrogen) atoms. The Morgan fingerprint density at radius 2 is 1.65 bits per heavy atom. The van der Waals surface area contributed by atoms with E-state index in [9.17, 15) is 23.3 Å². The molecule has 1 fully saturated rings. The van der Waals surface area contributed by atoms with E-state index in [1.165, 1.54) is 15.9 Å². The first-order valence-corrected chi connectivity index (χ1v) is 11.9. The van der Waals surface area contributed by atoms with Crippen molar-refractivity contribution in [1.29, 1.82) is 0 Å². The normalized spacial score (nSPS) is 17.2. The highest BCUT2D eigenvalue weighted by Gasteiger charge is 2.31. The van der Waals surface area contributed by atoms with E-state index in [1.54, 1.807) is 35.2 Å². The van der Waals surface area contributed by atoms with Gasteiger partial charge in [0.05, 0.1) is 16.2 Å². The van der Waals surface area contributed by atoms with E-state index in [0.29, 0.717) is 10.5 Å². The fourth-order valence-corrected chi connectivity index (χ4v) is 5.78. The summed E-state index contributed by atoms with van der Waals surface area (Å²) < 4.78 is 27.6. The molecule has 2 aromatic carbocycles. The Hall–Kier alpha value is -2.78. The first-order valence-electron chi connectivity index (χ1n) is 10.5. The van der Waals surface area contributed by atoms with Crippen LogP contribution in [0.5, 0.6) is 0 Å². The third-order valence-electron chi connectivity index (χ3n) is 6.08. The molecule has 2 aromatic rings. The quantitative estimate of drug-likeness (QED) is 0.522. The maximum absolute atomic E-state index is 13.1. The molecule has 164 valence electrons. The van der Waals surface area contributed by atoms with Crippen molar-refractivity contribution in [2.45, 2.75) is 37.0 Å². The number of amides is 1. The summed E-state index contributed by atoms with van der Waals surface area (Å²) >= 11 is 0. The smallest absolute Gasteiger partial charge is 0.273 e. The van der Waals surface area contributed by atoms with Crippen LogP contribution >= 0.6 is 0 Å². The predicted molar refractivity (Wildman–Crippen MR) is 115 cm³/mol. The molecule has 0 unspecified atom stereocenters. The van der Waals surface area contributed by atoms with E-state index in [4.69, 9.17) is 0 Å². The van der Waals surface area contributed by atoms with Crippen molar-refractivity contribution in [3.63, 3.8) is 0 Å². The number of piperazine rings is 1. The molecule has 0 atom stereocenters. The minimum absolute atomic E-state index is 0.0747. The number of hydrogen-bond acceptors (Lipinski definition) is 5. The van der Waals surface area contributed by atoms with Crippen molar-refractivity contribution in [3.8, 4) is 0 Å². The summed E-state index contributed by atoms with van der Waals surface area (Å²) in [5.74, 6) is -0.236. The first-order chi connectivity index (χ1) is 14.9. The molecule has 8 nitrogen and oxygen atoms in total. The Morgan fingerprint density at radius 3 is 2.35 bits per heavy atom. The van der Waals surface area contributed by atoms with E-state index in [-0.39, 0.29) is 44.2 Å². The van der Waals surface area contributed by atoms with Crippen LogP contribution in [0.2, 0.25) is 0 Å². The number of carbonyl (C=O) groups is 1. The second-order valence-electron chi connectivity index (χ2n) is 7.99. The van der Waals surface area contributed by atoms with Gasteiger partial charge in [-0.1, -0.05) is 24.3 Å². The van der Waals surface area contributed by atoms with Crippen molar-refractivity contribution in [2.24, 2.45) is 0 Å². The molecule has 0 spiro atoms. The largest absolute Gasteiger partial charge is 0.340 e. The fourth-order valence-electron chi connectivity index (χ4n) is 4.31. The van der Waals surface area contributed by atoms with Crippen LogP contribution in [0.25, 0.3) is 0 Å². The van der Waals surface area contributed by atoms with Gasteiger partial charge in [0.1, 0.15) is 0 Å². The molecular weight excluding hydrogens is 418 g/mol. The molecule has 1 heterocycles. The van der Waals surface area contributed by atoms with Crippen LogP contribution in [0.15, 0.2) is 47.4 Å². The Morgan fingerprint density at radius 1 is 0.968 bits per heavy atom. The Balaban J connectivity index is 1.41. The van der Waals surface area contributed by atoms with Crippen LogP contribution in [-0.2, 0) is 34.1 Å². The van der Waals surface area contributed by atoms with Crippen molar-refractivity contribution >= 4 is 21.6 Å². The van der Waals surface area contributed by atoms with Crippen LogP contribution in [0.4, 0.5) is 5.69 Å². The van der Waals surface area contributed by atoms with E-state index >= 15 is 0 Å². The van der Waals surface area contributed by atoms with Crippen molar-refractivity contribution in [1.82, 2.24) is 9.21 Å². The lowest BCUT2D eigenvalue weighted by atomic mass is 9.92. The van der Waals surface area contributed by atoms with Crippen molar-refractivity contribution < 1.29 is 18.1 Å². The van der Waals surface area contributed by atoms with Gasteiger partial charge in [-0.25, -0.2) is 8.42 Å². The second-order valence-corrected chi connectivity index (χ2v) is 9.92. The standard InChI is InChI=1S/C22H25N3O5S/c26-22(16-19-7-3-4-8-21(19)25(27)28)23-11-13-24(14-12-23)31(29,30)20-10-9-17-5-1-2-6-18(17)15-20/h3-4,7-10,15H,1-2,5-6,11-14,16H2. The number of sulfonamides is 1. The number of benzene rings is 2. The number of carbonyl (C=O) groups excluding carboxylic acids is 1. The number of fused-ring (bicyclic) bond motifs is 1. The molecule has 1 aliphatic heterocycles. The summed E-state index contributed by atoms with van der Waals surface area (Å²) in [6.45, 7) is 0.956. The van der Waals surface area contributed by atoms with Crippen LogP contribution < -0.4 is 0 Å². The van der Waals surface area contributed by atoms with Gasteiger partial charge >= 0.3 is 0 Å². The SMILES string of the molecule is O=C(Cc1ccccc1[N+](=O)[O-])N1CCN(S(=O)(=O)c2ccc3c(c2)CCCC3)CC1. The van der Waals surface area contributed by atoms with E-state index in [2.05, 4.69) is 0 Å². The second kappa shape index (κ2) is 8.76. The molecule has 0 N–H and O–H groups in total. The molecule has 4 rings (SSSR count). The predicted octanol–water partition coefficient (Wildman–Crippen LogP) is 2.55. The lowest BCUT2D eigenvalue weighted by molar-refractivity contribution is -0.385. The number of hydrogen-bond donors (Lipinski definition) is 0. The number of nitrogens with zero attached hydrogens (tertiary/aromatic N) is 3. The van der Waals surface area contributed by atoms with Crippen molar-refractivity contribution in [3.05, 3.63) is 69.3 Å². The molecule has 9 heteroatoms. The van der Waals surface area contributed by atoms with E-state index in [0.717, 1.165) is 31.2 Å². The van der Waals surface area contributed by atoms with Gasteiger partial charge in [-0.3, -0.25) is 14.9 Å². The molecule has 2 aliphatic rings. The third kappa shape index (κ3) is 4.47. The Bertz CT molecular complexity index is 1110. The molecule has 0 saturated carbocycles. The average Bonchev–Trinajstić information content (AvgIpc) is 2.79. The van der Waals surface area contributed by atoms with Gasteiger partial charge < -0.3 is 4.90 Å². The molecule has 1 aliphatic carbocycles. The minimum Gasteiger partial charge on any atom is -0.340 e. The summed E-state index contributed by atoms with van der Waals surface area (Å²) in [5, 5.41) is 11.2. The van der Waals surface area contributed by atoms with Gasteiger partial charge in [0.25, 0.3) is 5.69 Å². The topological polar surface area (TPSA) is 101 Å². The van der Waals surface area contributed by atoms with Gasteiger partial charge in [-0.15, -0.1) is 0 Å². The van der Waals surface area contributed by atoms with Gasteiger partial charge in [0.15, 0.2) is 0 Å². The zero-order chi connectivity index (χ0) is 22.0. The average molecular weight is 444 g/mol. The third-order valence-corrected chi connectivity index (χ3v) is 7.97. The summed E-state index contributed by atoms with van der Waals surface area (Å²) in [4.78, 5) is 25.2.